The number of rotatable bonds is 5. The predicted molar refractivity (Wildman–Crippen MR) is 77.2 cm³/mol. The van der Waals surface area contributed by atoms with Gasteiger partial charge in [0.05, 0.1) is 5.56 Å². The van der Waals surface area contributed by atoms with Crippen LogP contribution in [0.25, 0.3) is 6.08 Å². The summed E-state index contributed by atoms with van der Waals surface area (Å²) in [6.07, 6.45) is 1.65. The minimum absolute atomic E-state index is 0.118. The topological polar surface area (TPSA) is 9.23 Å². The Kier molecular flexibility index (Phi) is 4.17. The van der Waals surface area contributed by atoms with Crippen LogP contribution < -0.4 is 4.74 Å². The van der Waals surface area contributed by atoms with Crippen molar-refractivity contribution in [2.24, 2.45) is 0 Å². The molecule has 1 nitrogen and oxygen atoms in total. The van der Waals surface area contributed by atoms with Gasteiger partial charge in [-0.05, 0) is 29.8 Å². The lowest BCUT2D eigenvalue weighted by molar-refractivity contribution is 0.0127. The van der Waals surface area contributed by atoms with Crippen LogP contribution in [0.5, 0.6) is 11.5 Å². The zero-order valence-electron chi connectivity index (χ0n) is 11.2. The summed E-state index contributed by atoms with van der Waals surface area (Å²) in [6.45, 7) is 6.31. The number of alkyl halides is 2. The Balaban J connectivity index is 2.36. The fraction of sp³-hybridized carbons (Fsp3) is 0.0588. The molecular weight excluding hydrogens is 277 g/mol. The van der Waals surface area contributed by atoms with E-state index in [-0.39, 0.29) is 5.75 Å². The zero-order valence-corrected chi connectivity index (χ0v) is 11.2. The molecule has 0 atom stereocenters. The van der Waals surface area contributed by atoms with Crippen molar-refractivity contribution in [1.82, 2.24) is 0 Å². The molecule has 0 aliphatic carbocycles. The van der Waals surface area contributed by atoms with Crippen molar-refractivity contribution in [2.75, 3.05) is 0 Å². The second-order valence-corrected chi connectivity index (χ2v) is 4.35. The molecule has 0 saturated heterocycles. The fourth-order valence-corrected chi connectivity index (χ4v) is 1.76. The van der Waals surface area contributed by atoms with E-state index in [0.29, 0.717) is 5.75 Å². The average molecular weight is 290 g/mol. The van der Waals surface area contributed by atoms with Crippen LogP contribution in [0.2, 0.25) is 0 Å². The SMILES string of the molecule is C=Cc1ccc(Oc2ccccc2C(F)(F)C(=C)F)cc1. The molecule has 0 radical (unpaired) electrons. The number of ether oxygens (including phenoxy) is 1. The molecule has 0 aliphatic heterocycles. The van der Waals surface area contributed by atoms with Crippen molar-refractivity contribution >= 4 is 6.08 Å². The van der Waals surface area contributed by atoms with Crippen molar-refractivity contribution in [3.63, 3.8) is 0 Å². The van der Waals surface area contributed by atoms with E-state index in [1.54, 1.807) is 30.3 Å². The Morgan fingerprint density at radius 1 is 1.05 bits per heavy atom. The molecule has 0 spiro atoms. The van der Waals surface area contributed by atoms with Crippen LogP contribution in [0.1, 0.15) is 11.1 Å². The number of hydrogen-bond acceptors (Lipinski definition) is 1. The van der Waals surface area contributed by atoms with E-state index in [9.17, 15) is 13.2 Å². The largest absolute Gasteiger partial charge is 0.457 e. The van der Waals surface area contributed by atoms with Gasteiger partial charge in [0.2, 0.25) is 0 Å². The minimum Gasteiger partial charge on any atom is -0.457 e. The fourth-order valence-electron chi connectivity index (χ4n) is 1.76. The normalized spacial score (nSPS) is 11.0. The summed E-state index contributed by atoms with van der Waals surface area (Å²) in [4.78, 5) is 0. The van der Waals surface area contributed by atoms with Crippen molar-refractivity contribution in [2.45, 2.75) is 5.92 Å². The van der Waals surface area contributed by atoms with Gasteiger partial charge in [-0.15, -0.1) is 0 Å². The van der Waals surface area contributed by atoms with Crippen LogP contribution in [0.3, 0.4) is 0 Å². The highest BCUT2D eigenvalue weighted by Gasteiger charge is 2.39. The molecule has 2 aromatic carbocycles. The molecule has 0 N–H and O–H groups in total. The van der Waals surface area contributed by atoms with E-state index < -0.39 is 17.3 Å². The van der Waals surface area contributed by atoms with Gasteiger partial charge in [0.15, 0.2) is 5.83 Å². The van der Waals surface area contributed by atoms with Crippen LogP contribution in [0.4, 0.5) is 13.2 Å². The van der Waals surface area contributed by atoms with E-state index in [1.165, 1.54) is 18.2 Å². The lowest BCUT2D eigenvalue weighted by Crippen LogP contribution is -2.14. The second kappa shape index (κ2) is 5.87. The maximum atomic E-state index is 13.8. The third kappa shape index (κ3) is 3.16. The van der Waals surface area contributed by atoms with Gasteiger partial charge in [-0.25, -0.2) is 4.39 Å². The standard InChI is InChI=1S/C17H13F3O/c1-3-13-8-10-14(11-9-13)21-16-7-5-4-6-15(16)17(19,20)12(2)18/h3-11H,1-2H2. The molecule has 4 heteroatoms. The van der Waals surface area contributed by atoms with Gasteiger partial charge < -0.3 is 4.74 Å². The molecule has 0 unspecified atom stereocenters. The number of halogens is 3. The Morgan fingerprint density at radius 3 is 2.24 bits per heavy atom. The molecular formula is C17H13F3O. The molecule has 0 heterocycles. The summed E-state index contributed by atoms with van der Waals surface area (Å²) in [7, 11) is 0. The van der Waals surface area contributed by atoms with E-state index in [1.807, 2.05) is 0 Å². The van der Waals surface area contributed by atoms with Crippen LogP contribution in [-0.2, 0) is 5.92 Å². The van der Waals surface area contributed by atoms with E-state index >= 15 is 0 Å². The maximum absolute atomic E-state index is 13.8. The highest BCUT2D eigenvalue weighted by Crippen LogP contribution is 2.41. The predicted octanol–water partition coefficient (Wildman–Crippen LogP) is 5.70. The van der Waals surface area contributed by atoms with E-state index in [4.69, 9.17) is 4.74 Å². The molecule has 0 saturated carbocycles. The monoisotopic (exact) mass is 290 g/mol. The van der Waals surface area contributed by atoms with Crippen molar-refractivity contribution < 1.29 is 17.9 Å². The van der Waals surface area contributed by atoms with Gasteiger partial charge in [-0.2, -0.15) is 8.78 Å². The molecule has 0 aliphatic rings. The van der Waals surface area contributed by atoms with Crippen molar-refractivity contribution in [3.8, 4) is 11.5 Å². The summed E-state index contributed by atoms with van der Waals surface area (Å²) in [6, 6.07) is 12.1. The molecule has 0 aromatic heterocycles. The number of para-hydroxylation sites is 1. The van der Waals surface area contributed by atoms with Gasteiger partial charge >= 0.3 is 5.92 Å². The first kappa shape index (κ1) is 14.9. The number of benzene rings is 2. The maximum Gasteiger partial charge on any atom is 0.326 e. The molecule has 2 rings (SSSR count). The summed E-state index contributed by atoms with van der Waals surface area (Å²) in [5.41, 5.74) is 0.309. The Morgan fingerprint density at radius 2 is 1.67 bits per heavy atom. The van der Waals surface area contributed by atoms with Gasteiger partial charge in [0.1, 0.15) is 11.5 Å². The second-order valence-electron chi connectivity index (χ2n) is 4.35. The van der Waals surface area contributed by atoms with Gasteiger partial charge in [-0.1, -0.05) is 43.5 Å². The highest BCUT2D eigenvalue weighted by atomic mass is 19.3. The first-order valence-corrected chi connectivity index (χ1v) is 6.17. The summed E-state index contributed by atoms with van der Waals surface area (Å²) in [5, 5.41) is 0. The third-order valence-corrected chi connectivity index (χ3v) is 2.91. The van der Waals surface area contributed by atoms with Gasteiger partial charge in [0.25, 0.3) is 0 Å². The lowest BCUT2D eigenvalue weighted by Gasteiger charge is -2.18. The van der Waals surface area contributed by atoms with Crippen LogP contribution in [-0.4, -0.2) is 0 Å². The molecule has 108 valence electrons. The summed E-state index contributed by atoms with van der Waals surface area (Å²) >= 11 is 0. The van der Waals surface area contributed by atoms with Crippen molar-refractivity contribution in [1.29, 1.82) is 0 Å². The minimum atomic E-state index is -3.79. The third-order valence-electron chi connectivity index (χ3n) is 2.91. The van der Waals surface area contributed by atoms with Gasteiger partial charge in [-0.3, -0.25) is 0 Å². The van der Waals surface area contributed by atoms with Crippen LogP contribution >= 0.6 is 0 Å². The number of allylic oxidation sites excluding steroid dienone is 1. The molecule has 2 aromatic rings. The number of hydrogen-bond donors (Lipinski definition) is 0. The van der Waals surface area contributed by atoms with Crippen LogP contribution in [0.15, 0.2) is 67.5 Å². The Labute approximate surface area is 121 Å². The molecule has 0 bridgehead atoms. The smallest absolute Gasteiger partial charge is 0.326 e. The summed E-state index contributed by atoms with van der Waals surface area (Å²) in [5.74, 6) is -5.26. The van der Waals surface area contributed by atoms with Crippen molar-refractivity contribution in [3.05, 3.63) is 78.6 Å². The Hall–Kier alpha value is -2.49. The first-order chi connectivity index (χ1) is 9.95. The Bertz CT molecular complexity index is 660. The molecule has 0 fully saturated rings. The van der Waals surface area contributed by atoms with E-state index in [2.05, 4.69) is 13.2 Å². The molecule has 0 amide bonds. The summed E-state index contributed by atoms with van der Waals surface area (Å²) < 4.78 is 46.0. The van der Waals surface area contributed by atoms with E-state index in [0.717, 1.165) is 11.6 Å². The zero-order chi connectivity index (χ0) is 15.5. The first-order valence-electron chi connectivity index (χ1n) is 6.17. The quantitative estimate of drug-likeness (QED) is 0.686. The highest BCUT2D eigenvalue weighted by molar-refractivity contribution is 5.49. The van der Waals surface area contributed by atoms with Gasteiger partial charge in [0, 0.05) is 0 Å². The van der Waals surface area contributed by atoms with Crippen LogP contribution in [0, 0.1) is 0 Å². The lowest BCUT2D eigenvalue weighted by atomic mass is 10.1. The average Bonchev–Trinajstić information content (AvgIpc) is 2.48. The molecule has 21 heavy (non-hydrogen) atoms.